The molecule has 3 aromatic rings. The van der Waals surface area contributed by atoms with Crippen LogP contribution in [0.2, 0.25) is 0 Å². The van der Waals surface area contributed by atoms with Crippen LogP contribution in [0, 0.1) is 0 Å². The molecule has 0 unspecified atom stereocenters. The molecule has 1 atom stereocenters. The van der Waals surface area contributed by atoms with Crippen LogP contribution in [0.5, 0.6) is 0 Å². The lowest BCUT2D eigenvalue weighted by Crippen LogP contribution is -2.19. The monoisotopic (exact) mass is 346 g/mol. The van der Waals surface area contributed by atoms with Crippen molar-refractivity contribution in [3.05, 3.63) is 77.6 Å². The summed E-state index contributed by atoms with van der Waals surface area (Å²) < 4.78 is 1.57. The Kier molecular flexibility index (Phi) is 4.01. The van der Waals surface area contributed by atoms with Gasteiger partial charge >= 0.3 is 0 Å². The van der Waals surface area contributed by atoms with Crippen LogP contribution in [0.3, 0.4) is 0 Å². The molecule has 0 radical (unpaired) electrons. The number of carbonyl (C=O) groups excluding carboxylic acids is 2. The van der Waals surface area contributed by atoms with E-state index in [1.54, 1.807) is 16.9 Å². The van der Waals surface area contributed by atoms with Crippen LogP contribution >= 0.6 is 0 Å². The zero-order chi connectivity index (χ0) is 18.1. The number of hydrogen-bond acceptors (Lipinski definition) is 3. The predicted octanol–water partition coefficient (Wildman–Crippen LogP) is 2.64. The third-order valence-corrected chi connectivity index (χ3v) is 4.69. The number of amides is 2. The van der Waals surface area contributed by atoms with Gasteiger partial charge in [0.2, 0.25) is 5.91 Å². The normalized spacial score (nSPS) is 15.5. The van der Waals surface area contributed by atoms with E-state index in [1.807, 2.05) is 42.5 Å². The Labute approximate surface area is 150 Å². The molecule has 3 N–H and O–H groups in total. The maximum atomic E-state index is 12.6. The zero-order valence-electron chi connectivity index (χ0n) is 14.1. The van der Waals surface area contributed by atoms with Crippen LogP contribution in [0.4, 0.5) is 5.69 Å². The number of benzene rings is 2. The second kappa shape index (κ2) is 6.48. The van der Waals surface area contributed by atoms with Crippen molar-refractivity contribution in [2.75, 3.05) is 5.32 Å². The summed E-state index contributed by atoms with van der Waals surface area (Å²) in [5.41, 5.74) is 9.31. The summed E-state index contributed by atoms with van der Waals surface area (Å²) >= 11 is 0. The van der Waals surface area contributed by atoms with E-state index in [0.717, 1.165) is 29.8 Å². The summed E-state index contributed by atoms with van der Waals surface area (Å²) in [6, 6.07) is 17.0. The number of anilines is 1. The van der Waals surface area contributed by atoms with Crippen LogP contribution in [-0.2, 0) is 11.2 Å². The Bertz CT molecular complexity index is 975. The molecule has 0 aliphatic heterocycles. The second-order valence-corrected chi connectivity index (χ2v) is 6.34. The number of nitrogens with zero attached hydrogens (tertiary/aromatic N) is 2. The molecule has 2 amide bonds. The fourth-order valence-corrected chi connectivity index (χ4v) is 3.36. The quantitative estimate of drug-likeness (QED) is 0.761. The van der Waals surface area contributed by atoms with Crippen molar-refractivity contribution in [2.45, 2.75) is 18.8 Å². The number of hydrogen-bond donors (Lipinski definition) is 2. The molecule has 2 aromatic carbocycles. The van der Waals surface area contributed by atoms with Gasteiger partial charge < -0.3 is 11.1 Å². The summed E-state index contributed by atoms with van der Waals surface area (Å²) in [6.07, 6.45) is 3.45. The first-order valence-electron chi connectivity index (χ1n) is 8.46. The van der Waals surface area contributed by atoms with E-state index in [-0.39, 0.29) is 17.5 Å². The molecule has 1 heterocycles. The van der Waals surface area contributed by atoms with Gasteiger partial charge in [-0.1, -0.05) is 24.3 Å². The van der Waals surface area contributed by atoms with Gasteiger partial charge in [0.05, 0.1) is 11.6 Å². The third-order valence-electron chi connectivity index (χ3n) is 4.69. The molecular formula is C20H18N4O2. The van der Waals surface area contributed by atoms with E-state index in [2.05, 4.69) is 16.5 Å². The lowest BCUT2D eigenvalue weighted by Gasteiger charge is -2.12. The van der Waals surface area contributed by atoms with E-state index in [1.165, 1.54) is 5.56 Å². The van der Waals surface area contributed by atoms with Gasteiger partial charge in [-0.25, -0.2) is 4.68 Å². The number of nitrogens with two attached hydrogens (primary N) is 1. The van der Waals surface area contributed by atoms with Crippen molar-refractivity contribution < 1.29 is 9.59 Å². The molecule has 0 bridgehead atoms. The topological polar surface area (TPSA) is 90.0 Å². The standard InChI is InChI=1S/C20H18N4O2/c21-19(25)18-11-12-24(23-18)15-8-6-14(7-9-15)22-20(26)17-10-5-13-3-1-2-4-16(13)17/h1-4,6-9,11-12,17H,5,10H2,(H2,21,25)(H,22,26)/t17-/m0/s1. The number of rotatable bonds is 4. The minimum absolute atomic E-state index is 0.0119. The highest BCUT2D eigenvalue weighted by Crippen LogP contribution is 2.33. The Hall–Kier alpha value is -3.41. The largest absolute Gasteiger partial charge is 0.364 e. The molecule has 26 heavy (non-hydrogen) atoms. The smallest absolute Gasteiger partial charge is 0.269 e. The van der Waals surface area contributed by atoms with E-state index >= 15 is 0 Å². The van der Waals surface area contributed by atoms with Crippen LogP contribution in [0.1, 0.15) is 34.0 Å². The Balaban J connectivity index is 1.47. The van der Waals surface area contributed by atoms with E-state index in [4.69, 9.17) is 5.73 Å². The summed E-state index contributed by atoms with van der Waals surface area (Å²) in [7, 11) is 0. The minimum atomic E-state index is -0.565. The highest BCUT2D eigenvalue weighted by molar-refractivity contribution is 5.96. The Morgan fingerprint density at radius 1 is 1.08 bits per heavy atom. The first kappa shape index (κ1) is 16.1. The minimum Gasteiger partial charge on any atom is -0.364 e. The fourth-order valence-electron chi connectivity index (χ4n) is 3.36. The number of fused-ring (bicyclic) bond motifs is 1. The first-order chi connectivity index (χ1) is 12.6. The number of aryl methyl sites for hydroxylation is 1. The third kappa shape index (κ3) is 2.97. The highest BCUT2D eigenvalue weighted by atomic mass is 16.2. The summed E-state index contributed by atoms with van der Waals surface area (Å²) in [6.45, 7) is 0. The molecule has 0 saturated carbocycles. The highest BCUT2D eigenvalue weighted by Gasteiger charge is 2.28. The first-order valence-corrected chi connectivity index (χ1v) is 8.46. The average molecular weight is 346 g/mol. The lowest BCUT2D eigenvalue weighted by atomic mass is 10.0. The molecule has 130 valence electrons. The number of nitrogens with one attached hydrogen (secondary N) is 1. The molecular weight excluding hydrogens is 328 g/mol. The van der Waals surface area contributed by atoms with Gasteiger partial charge in [-0.05, 0) is 54.3 Å². The summed E-state index contributed by atoms with van der Waals surface area (Å²) in [4.78, 5) is 23.8. The van der Waals surface area contributed by atoms with Crippen molar-refractivity contribution in [1.29, 1.82) is 0 Å². The van der Waals surface area contributed by atoms with Gasteiger partial charge in [-0.2, -0.15) is 5.10 Å². The van der Waals surface area contributed by atoms with Gasteiger partial charge in [0.25, 0.3) is 5.91 Å². The summed E-state index contributed by atoms with van der Waals surface area (Å²) in [5, 5.41) is 7.10. The summed E-state index contributed by atoms with van der Waals surface area (Å²) in [5.74, 6) is -0.655. The van der Waals surface area contributed by atoms with E-state index in [0.29, 0.717) is 0 Å². The van der Waals surface area contributed by atoms with E-state index in [9.17, 15) is 9.59 Å². The molecule has 6 heteroatoms. The lowest BCUT2D eigenvalue weighted by molar-refractivity contribution is -0.117. The van der Waals surface area contributed by atoms with Crippen molar-refractivity contribution in [2.24, 2.45) is 5.73 Å². The number of primary amides is 1. The number of carbonyl (C=O) groups is 2. The van der Waals surface area contributed by atoms with E-state index < -0.39 is 5.91 Å². The van der Waals surface area contributed by atoms with Crippen LogP contribution in [0.25, 0.3) is 5.69 Å². The number of aromatic nitrogens is 2. The molecule has 4 rings (SSSR count). The van der Waals surface area contributed by atoms with Gasteiger partial charge in [-0.15, -0.1) is 0 Å². The maximum Gasteiger partial charge on any atom is 0.269 e. The van der Waals surface area contributed by atoms with Crippen molar-refractivity contribution in [1.82, 2.24) is 9.78 Å². The molecule has 1 aromatic heterocycles. The average Bonchev–Trinajstić information content (AvgIpc) is 3.30. The molecule has 0 saturated heterocycles. The van der Waals surface area contributed by atoms with Gasteiger partial charge in [-0.3, -0.25) is 9.59 Å². The van der Waals surface area contributed by atoms with Crippen molar-refractivity contribution in [3.63, 3.8) is 0 Å². The Morgan fingerprint density at radius 3 is 2.58 bits per heavy atom. The zero-order valence-corrected chi connectivity index (χ0v) is 14.1. The fraction of sp³-hybridized carbons (Fsp3) is 0.150. The van der Waals surface area contributed by atoms with Crippen LogP contribution in [0.15, 0.2) is 60.8 Å². The van der Waals surface area contributed by atoms with Gasteiger partial charge in [0, 0.05) is 11.9 Å². The molecule has 0 spiro atoms. The second-order valence-electron chi connectivity index (χ2n) is 6.34. The Morgan fingerprint density at radius 2 is 1.85 bits per heavy atom. The maximum absolute atomic E-state index is 12.6. The van der Waals surface area contributed by atoms with Crippen molar-refractivity contribution in [3.8, 4) is 5.69 Å². The van der Waals surface area contributed by atoms with Gasteiger partial charge in [0.15, 0.2) is 0 Å². The van der Waals surface area contributed by atoms with Crippen molar-refractivity contribution >= 4 is 17.5 Å². The van der Waals surface area contributed by atoms with Crippen LogP contribution in [-0.4, -0.2) is 21.6 Å². The molecule has 0 fully saturated rings. The SMILES string of the molecule is NC(=O)c1ccn(-c2ccc(NC(=O)[C@H]3CCc4ccccc43)cc2)n1. The molecule has 6 nitrogen and oxygen atoms in total. The van der Waals surface area contributed by atoms with Crippen LogP contribution < -0.4 is 11.1 Å². The molecule has 1 aliphatic rings. The predicted molar refractivity (Wildman–Crippen MR) is 98.2 cm³/mol. The van der Waals surface area contributed by atoms with Gasteiger partial charge in [0.1, 0.15) is 5.69 Å². The molecule has 1 aliphatic carbocycles.